The van der Waals surface area contributed by atoms with Crippen LogP contribution in [0.15, 0.2) is 88.4 Å². The molecule has 0 saturated heterocycles. The average Bonchev–Trinajstić information content (AvgIpc) is 2.77. The summed E-state index contributed by atoms with van der Waals surface area (Å²) in [6, 6.07) is 25.5. The van der Waals surface area contributed by atoms with E-state index in [0.29, 0.717) is 19.0 Å². The molecule has 4 aromatic rings. The second kappa shape index (κ2) is 7.12. The molecule has 1 N–H and O–H groups in total. The first kappa shape index (κ1) is 16.4. The Morgan fingerprint density at radius 2 is 1.54 bits per heavy atom. The van der Waals surface area contributed by atoms with Gasteiger partial charge in [0.25, 0.3) is 0 Å². The number of hydrogen-bond donors (Lipinski definition) is 1. The van der Waals surface area contributed by atoms with Gasteiger partial charge in [0, 0.05) is 17.0 Å². The molecule has 0 amide bonds. The fraction of sp³-hybridized carbons (Fsp3) is 0.0870. The van der Waals surface area contributed by atoms with Crippen molar-refractivity contribution in [3.05, 3.63) is 84.2 Å². The van der Waals surface area contributed by atoms with Crippen molar-refractivity contribution in [1.82, 2.24) is 0 Å². The highest BCUT2D eigenvalue weighted by atomic mass is 16.6. The molecule has 5 rings (SSSR count). The third kappa shape index (κ3) is 3.18. The lowest BCUT2D eigenvalue weighted by Crippen LogP contribution is -2.15. The lowest BCUT2D eigenvalue weighted by Gasteiger charge is -2.18. The van der Waals surface area contributed by atoms with Crippen molar-refractivity contribution in [3.8, 4) is 22.8 Å². The van der Waals surface area contributed by atoms with E-state index >= 15 is 0 Å². The first-order valence-electron chi connectivity index (χ1n) is 9.14. The molecule has 1 aliphatic rings. The van der Waals surface area contributed by atoms with Crippen LogP contribution < -0.4 is 20.3 Å². The molecular formula is C23H18N2O3. The maximum Gasteiger partial charge on any atom is 0.162 e. The average molecular weight is 370 g/mol. The Labute approximate surface area is 161 Å². The summed E-state index contributed by atoms with van der Waals surface area (Å²) in [6.45, 7) is 1.12. The van der Waals surface area contributed by atoms with Crippen LogP contribution in [0.3, 0.4) is 0 Å². The molecule has 1 aliphatic heterocycles. The number of hydrogen-bond acceptors (Lipinski definition) is 5. The van der Waals surface area contributed by atoms with Crippen LogP contribution in [-0.2, 0) is 0 Å². The van der Waals surface area contributed by atoms with Gasteiger partial charge in [0.05, 0.1) is 11.0 Å². The van der Waals surface area contributed by atoms with Gasteiger partial charge in [-0.15, -0.1) is 0 Å². The van der Waals surface area contributed by atoms with E-state index in [1.54, 1.807) is 0 Å². The number of nitrogens with one attached hydrogen (secondary N) is 1. The molecule has 0 aliphatic carbocycles. The Morgan fingerprint density at radius 3 is 2.43 bits per heavy atom. The van der Waals surface area contributed by atoms with Crippen molar-refractivity contribution in [2.24, 2.45) is 5.10 Å². The van der Waals surface area contributed by atoms with Gasteiger partial charge in [-0.3, -0.25) is 5.43 Å². The Hall–Kier alpha value is -3.73. The van der Waals surface area contributed by atoms with Crippen LogP contribution in [0, 0.1) is 0 Å². The molecule has 0 saturated carbocycles. The van der Waals surface area contributed by atoms with Crippen molar-refractivity contribution >= 4 is 16.7 Å². The van der Waals surface area contributed by atoms with Gasteiger partial charge >= 0.3 is 0 Å². The topological polar surface area (TPSA) is 56.0 Å². The molecule has 138 valence electrons. The van der Waals surface area contributed by atoms with Crippen molar-refractivity contribution in [3.63, 3.8) is 0 Å². The second-order valence-corrected chi connectivity index (χ2v) is 6.44. The van der Waals surface area contributed by atoms with E-state index in [-0.39, 0.29) is 0 Å². The number of fused-ring (bicyclic) bond motifs is 2. The lowest BCUT2D eigenvalue weighted by molar-refractivity contribution is 0.171. The molecular weight excluding hydrogens is 352 g/mol. The van der Waals surface area contributed by atoms with Crippen molar-refractivity contribution < 1.29 is 13.9 Å². The highest BCUT2D eigenvalue weighted by Gasteiger charge is 2.14. The van der Waals surface area contributed by atoms with Gasteiger partial charge in [-0.1, -0.05) is 30.3 Å². The van der Waals surface area contributed by atoms with Gasteiger partial charge in [0.2, 0.25) is 0 Å². The SMILES string of the molecule is c1ccc(N/N=c2\cc(-c3ccc4c(c3)OCCO4)oc3ccccc23)cc1. The molecule has 5 nitrogen and oxygen atoms in total. The molecule has 0 unspecified atom stereocenters. The fourth-order valence-electron chi connectivity index (χ4n) is 3.19. The number of ether oxygens (including phenoxy) is 2. The predicted molar refractivity (Wildman–Crippen MR) is 108 cm³/mol. The van der Waals surface area contributed by atoms with Crippen LogP contribution in [0.4, 0.5) is 5.69 Å². The highest BCUT2D eigenvalue weighted by molar-refractivity contribution is 5.78. The number of nitrogens with zero attached hydrogens (tertiary/aromatic N) is 1. The van der Waals surface area contributed by atoms with Gasteiger partial charge < -0.3 is 13.9 Å². The van der Waals surface area contributed by atoms with Gasteiger partial charge in [-0.25, -0.2) is 0 Å². The zero-order valence-corrected chi connectivity index (χ0v) is 15.1. The second-order valence-electron chi connectivity index (χ2n) is 6.44. The number of benzene rings is 3. The molecule has 5 heteroatoms. The third-order valence-corrected chi connectivity index (χ3v) is 4.56. The zero-order valence-electron chi connectivity index (χ0n) is 15.1. The summed E-state index contributed by atoms with van der Waals surface area (Å²) in [5, 5.41) is 6.35. The Balaban J connectivity index is 1.62. The molecule has 0 radical (unpaired) electrons. The smallest absolute Gasteiger partial charge is 0.162 e. The van der Waals surface area contributed by atoms with Gasteiger partial charge in [0.15, 0.2) is 11.5 Å². The van der Waals surface area contributed by atoms with Crippen LogP contribution in [0.25, 0.3) is 22.3 Å². The summed E-state index contributed by atoms with van der Waals surface area (Å²) in [7, 11) is 0. The van der Waals surface area contributed by atoms with Crippen LogP contribution in [0.1, 0.15) is 0 Å². The van der Waals surface area contributed by atoms with Crippen molar-refractivity contribution in [1.29, 1.82) is 0 Å². The van der Waals surface area contributed by atoms with E-state index in [2.05, 4.69) is 10.5 Å². The van der Waals surface area contributed by atoms with E-state index in [0.717, 1.165) is 39.1 Å². The third-order valence-electron chi connectivity index (χ3n) is 4.56. The minimum absolute atomic E-state index is 0.549. The largest absolute Gasteiger partial charge is 0.486 e. The van der Waals surface area contributed by atoms with Crippen LogP contribution >= 0.6 is 0 Å². The Kier molecular flexibility index (Phi) is 4.18. The maximum atomic E-state index is 6.15. The normalized spacial score (nSPS) is 13.5. The summed E-state index contributed by atoms with van der Waals surface area (Å²) in [6.07, 6.45) is 0. The molecule has 3 aromatic carbocycles. The Morgan fingerprint density at radius 1 is 0.750 bits per heavy atom. The number of rotatable bonds is 3. The molecule has 0 fully saturated rings. The molecule has 0 spiro atoms. The summed E-state index contributed by atoms with van der Waals surface area (Å²) >= 11 is 0. The van der Waals surface area contributed by atoms with Gasteiger partial charge in [0.1, 0.15) is 24.6 Å². The van der Waals surface area contributed by atoms with Crippen molar-refractivity contribution in [2.75, 3.05) is 18.6 Å². The molecule has 0 bridgehead atoms. The lowest BCUT2D eigenvalue weighted by atomic mass is 10.1. The van der Waals surface area contributed by atoms with E-state index in [1.807, 2.05) is 78.9 Å². The highest BCUT2D eigenvalue weighted by Crippen LogP contribution is 2.34. The summed E-state index contributed by atoms with van der Waals surface area (Å²) < 4.78 is 17.5. The number of para-hydroxylation sites is 2. The first-order valence-corrected chi connectivity index (χ1v) is 9.14. The molecule has 1 aromatic heterocycles. The zero-order chi connectivity index (χ0) is 18.8. The van der Waals surface area contributed by atoms with Gasteiger partial charge in [-0.2, -0.15) is 5.10 Å². The minimum atomic E-state index is 0.549. The van der Waals surface area contributed by atoms with Crippen molar-refractivity contribution in [2.45, 2.75) is 0 Å². The molecule has 0 atom stereocenters. The standard InChI is InChI=1S/C23H18N2O3/c1-2-6-17(7-3-1)24-25-19-15-22(28-20-9-5-4-8-18(19)20)16-10-11-21-23(14-16)27-13-12-26-21/h1-11,14-15,24H,12-13H2/b25-19+. The van der Waals surface area contributed by atoms with E-state index < -0.39 is 0 Å². The van der Waals surface area contributed by atoms with E-state index in [1.165, 1.54) is 0 Å². The van der Waals surface area contributed by atoms with Crippen LogP contribution in [0.2, 0.25) is 0 Å². The monoisotopic (exact) mass is 370 g/mol. The predicted octanol–water partition coefficient (Wildman–Crippen LogP) is 4.80. The van der Waals surface area contributed by atoms with Crippen LogP contribution in [0.5, 0.6) is 11.5 Å². The van der Waals surface area contributed by atoms with Crippen LogP contribution in [-0.4, -0.2) is 13.2 Å². The number of anilines is 1. The van der Waals surface area contributed by atoms with Gasteiger partial charge in [-0.05, 0) is 42.5 Å². The minimum Gasteiger partial charge on any atom is -0.486 e. The fourth-order valence-corrected chi connectivity index (χ4v) is 3.19. The quantitative estimate of drug-likeness (QED) is 0.527. The molecule has 2 heterocycles. The van der Waals surface area contributed by atoms with E-state index in [4.69, 9.17) is 13.9 Å². The maximum absolute atomic E-state index is 6.15. The summed E-state index contributed by atoms with van der Waals surface area (Å²) in [5.41, 5.74) is 5.72. The molecule has 28 heavy (non-hydrogen) atoms. The summed E-state index contributed by atoms with van der Waals surface area (Å²) in [4.78, 5) is 0. The first-order chi connectivity index (χ1) is 13.9. The van der Waals surface area contributed by atoms with E-state index in [9.17, 15) is 0 Å². The Bertz CT molecular complexity index is 1200. The summed E-state index contributed by atoms with van der Waals surface area (Å²) in [5.74, 6) is 2.20.